The molecule has 96 valence electrons. The molecule has 0 amide bonds. The highest BCUT2D eigenvalue weighted by atomic mass is 16.5. The van der Waals surface area contributed by atoms with Gasteiger partial charge in [-0.3, -0.25) is 0 Å². The van der Waals surface area contributed by atoms with Gasteiger partial charge < -0.3 is 15.2 Å². The summed E-state index contributed by atoms with van der Waals surface area (Å²) >= 11 is 0. The molecule has 0 aliphatic rings. The van der Waals surface area contributed by atoms with Gasteiger partial charge in [0.05, 0.1) is 18.7 Å². The smallest absolute Gasteiger partial charge is 0.220 e. The number of benzene rings is 1. The van der Waals surface area contributed by atoms with Crippen molar-refractivity contribution in [3.05, 3.63) is 41.6 Å². The van der Waals surface area contributed by atoms with Crippen LogP contribution in [-0.2, 0) is 0 Å². The summed E-state index contributed by atoms with van der Waals surface area (Å²) in [5.74, 6) is 1.36. The molecule has 2 aromatic rings. The second kappa shape index (κ2) is 5.27. The molecule has 0 spiro atoms. The summed E-state index contributed by atoms with van der Waals surface area (Å²) < 4.78 is 10.8. The number of pyridine rings is 1. The Morgan fingerprint density at radius 2 is 2.00 bits per heavy atom. The van der Waals surface area contributed by atoms with E-state index >= 15 is 0 Å². The third kappa shape index (κ3) is 2.93. The monoisotopic (exact) mass is 255 g/mol. The minimum Gasteiger partial charge on any atom is -0.493 e. The molecule has 0 bridgehead atoms. The van der Waals surface area contributed by atoms with Crippen molar-refractivity contribution in [2.24, 2.45) is 0 Å². The van der Waals surface area contributed by atoms with Crippen molar-refractivity contribution in [1.82, 2.24) is 4.98 Å². The third-order valence-corrected chi connectivity index (χ3v) is 2.46. The lowest BCUT2D eigenvalue weighted by Gasteiger charge is -2.10. The molecule has 1 aromatic carbocycles. The van der Waals surface area contributed by atoms with Crippen LogP contribution in [0.1, 0.15) is 11.3 Å². The van der Waals surface area contributed by atoms with E-state index in [2.05, 4.69) is 11.1 Å². The van der Waals surface area contributed by atoms with E-state index in [1.54, 1.807) is 37.3 Å². The minimum atomic E-state index is 0.347. The Hall–Kier alpha value is -2.74. The summed E-state index contributed by atoms with van der Waals surface area (Å²) in [5, 5.41) is 8.92. The van der Waals surface area contributed by atoms with Gasteiger partial charge in [0, 0.05) is 23.5 Å². The van der Waals surface area contributed by atoms with Gasteiger partial charge in [-0.1, -0.05) is 0 Å². The van der Waals surface area contributed by atoms with Gasteiger partial charge in [-0.25, -0.2) is 4.98 Å². The Labute approximate surface area is 111 Å². The van der Waals surface area contributed by atoms with E-state index in [0.29, 0.717) is 34.3 Å². The summed E-state index contributed by atoms with van der Waals surface area (Å²) in [5.41, 5.74) is 7.46. The van der Waals surface area contributed by atoms with Crippen molar-refractivity contribution < 1.29 is 9.47 Å². The molecule has 19 heavy (non-hydrogen) atoms. The number of anilines is 1. The predicted octanol–water partition coefficient (Wildman–Crippen LogP) is 2.64. The highest BCUT2D eigenvalue weighted by Gasteiger charge is 2.08. The van der Waals surface area contributed by atoms with Crippen molar-refractivity contribution in [3.8, 4) is 23.4 Å². The molecular weight excluding hydrogens is 242 g/mol. The van der Waals surface area contributed by atoms with Crippen molar-refractivity contribution >= 4 is 5.69 Å². The lowest BCUT2D eigenvalue weighted by atomic mass is 10.2. The Kier molecular flexibility index (Phi) is 3.53. The van der Waals surface area contributed by atoms with Gasteiger partial charge in [-0.2, -0.15) is 5.26 Å². The quantitative estimate of drug-likeness (QED) is 0.852. The fourth-order valence-corrected chi connectivity index (χ4v) is 1.64. The van der Waals surface area contributed by atoms with Gasteiger partial charge in [-0.15, -0.1) is 0 Å². The molecule has 5 nitrogen and oxygen atoms in total. The van der Waals surface area contributed by atoms with Crippen LogP contribution in [0.15, 0.2) is 30.3 Å². The maximum atomic E-state index is 8.92. The molecule has 0 radical (unpaired) electrons. The molecule has 2 N–H and O–H groups in total. The van der Waals surface area contributed by atoms with Crippen molar-refractivity contribution in [2.75, 3.05) is 12.8 Å². The standard InChI is InChI=1S/C14H13N3O2/c1-9-5-10(8-15)6-14(17-9)19-12-4-3-11(16)7-13(12)18-2/h3-7H,16H2,1-2H3. The summed E-state index contributed by atoms with van der Waals surface area (Å²) in [7, 11) is 1.53. The van der Waals surface area contributed by atoms with Crippen LogP contribution in [0.2, 0.25) is 0 Å². The van der Waals surface area contributed by atoms with E-state index < -0.39 is 0 Å². The molecule has 0 aliphatic heterocycles. The average molecular weight is 255 g/mol. The summed E-state index contributed by atoms with van der Waals surface area (Å²) in [4.78, 5) is 4.21. The van der Waals surface area contributed by atoms with Gasteiger partial charge in [0.2, 0.25) is 5.88 Å². The Bertz CT molecular complexity index is 648. The minimum absolute atomic E-state index is 0.347. The van der Waals surface area contributed by atoms with Crippen LogP contribution in [-0.4, -0.2) is 12.1 Å². The Balaban J connectivity index is 2.36. The Morgan fingerprint density at radius 3 is 2.68 bits per heavy atom. The molecule has 5 heteroatoms. The SMILES string of the molecule is COc1cc(N)ccc1Oc1cc(C#N)cc(C)n1. The maximum Gasteiger partial charge on any atom is 0.220 e. The van der Waals surface area contributed by atoms with Crippen molar-refractivity contribution in [2.45, 2.75) is 6.92 Å². The fourth-order valence-electron chi connectivity index (χ4n) is 1.64. The number of rotatable bonds is 3. The van der Waals surface area contributed by atoms with E-state index in [0.717, 1.165) is 0 Å². The van der Waals surface area contributed by atoms with Crippen molar-refractivity contribution in [1.29, 1.82) is 5.26 Å². The van der Waals surface area contributed by atoms with Crippen LogP contribution in [0.5, 0.6) is 17.4 Å². The lowest BCUT2D eigenvalue weighted by molar-refractivity contribution is 0.374. The van der Waals surface area contributed by atoms with Crippen LogP contribution in [0.25, 0.3) is 0 Å². The second-order valence-corrected chi connectivity index (χ2v) is 3.96. The van der Waals surface area contributed by atoms with E-state index in [1.807, 2.05) is 0 Å². The molecule has 0 fully saturated rings. The van der Waals surface area contributed by atoms with Gasteiger partial charge in [0.15, 0.2) is 11.5 Å². The summed E-state index contributed by atoms with van der Waals surface area (Å²) in [6.45, 7) is 1.80. The van der Waals surface area contributed by atoms with Gasteiger partial charge in [0.1, 0.15) is 0 Å². The van der Waals surface area contributed by atoms with Gasteiger partial charge >= 0.3 is 0 Å². The topological polar surface area (TPSA) is 81.2 Å². The summed E-state index contributed by atoms with van der Waals surface area (Å²) in [6.07, 6.45) is 0. The molecule has 0 atom stereocenters. The first-order chi connectivity index (χ1) is 9.12. The van der Waals surface area contributed by atoms with Crippen LogP contribution < -0.4 is 15.2 Å². The van der Waals surface area contributed by atoms with E-state index in [9.17, 15) is 0 Å². The number of hydrogen-bond donors (Lipinski definition) is 1. The van der Waals surface area contributed by atoms with E-state index in [-0.39, 0.29) is 0 Å². The van der Waals surface area contributed by atoms with E-state index in [4.69, 9.17) is 20.5 Å². The first-order valence-electron chi connectivity index (χ1n) is 5.62. The first kappa shape index (κ1) is 12.7. The molecule has 0 aliphatic carbocycles. The highest BCUT2D eigenvalue weighted by molar-refractivity contribution is 5.53. The summed E-state index contributed by atoms with van der Waals surface area (Å²) in [6, 6.07) is 10.4. The zero-order valence-electron chi connectivity index (χ0n) is 10.7. The number of nitrogens with zero attached hydrogens (tertiary/aromatic N) is 2. The van der Waals surface area contributed by atoms with Crippen LogP contribution in [0, 0.1) is 18.3 Å². The predicted molar refractivity (Wildman–Crippen MR) is 71.2 cm³/mol. The lowest BCUT2D eigenvalue weighted by Crippen LogP contribution is -1.95. The number of methoxy groups -OCH3 is 1. The largest absolute Gasteiger partial charge is 0.493 e. The highest BCUT2D eigenvalue weighted by Crippen LogP contribution is 2.32. The number of nitriles is 1. The molecule has 0 saturated carbocycles. The second-order valence-electron chi connectivity index (χ2n) is 3.96. The normalized spacial score (nSPS) is 9.74. The van der Waals surface area contributed by atoms with Crippen LogP contribution in [0.4, 0.5) is 5.69 Å². The van der Waals surface area contributed by atoms with Crippen LogP contribution >= 0.6 is 0 Å². The Morgan fingerprint density at radius 1 is 1.21 bits per heavy atom. The number of nitrogen functional groups attached to an aromatic ring is 1. The number of aryl methyl sites for hydroxylation is 1. The zero-order valence-corrected chi connectivity index (χ0v) is 10.7. The molecular formula is C14H13N3O2. The molecule has 2 rings (SSSR count). The third-order valence-electron chi connectivity index (χ3n) is 2.46. The maximum absolute atomic E-state index is 8.92. The molecule has 0 saturated heterocycles. The number of aromatic nitrogens is 1. The van der Waals surface area contributed by atoms with Gasteiger partial charge in [-0.05, 0) is 25.1 Å². The average Bonchev–Trinajstić information content (AvgIpc) is 2.40. The van der Waals surface area contributed by atoms with Gasteiger partial charge in [0.25, 0.3) is 0 Å². The molecule has 1 aromatic heterocycles. The molecule has 0 unspecified atom stereocenters. The van der Waals surface area contributed by atoms with Crippen LogP contribution in [0.3, 0.4) is 0 Å². The molecule has 1 heterocycles. The van der Waals surface area contributed by atoms with E-state index in [1.165, 1.54) is 7.11 Å². The first-order valence-corrected chi connectivity index (χ1v) is 5.62. The number of nitrogens with two attached hydrogens (primary N) is 1. The fraction of sp³-hybridized carbons (Fsp3) is 0.143. The number of hydrogen-bond acceptors (Lipinski definition) is 5. The van der Waals surface area contributed by atoms with Crippen molar-refractivity contribution in [3.63, 3.8) is 0 Å². The zero-order chi connectivity index (χ0) is 13.8. The number of ether oxygens (including phenoxy) is 2.